The second-order valence-corrected chi connectivity index (χ2v) is 7.02. The molecule has 0 aromatic heterocycles. The molecule has 0 saturated carbocycles. The molecule has 0 spiro atoms. The van der Waals surface area contributed by atoms with Gasteiger partial charge in [-0.1, -0.05) is 27.2 Å². The van der Waals surface area contributed by atoms with E-state index in [1.165, 1.54) is 0 Å². The summed E-state index contributed by atoms with van der Waals surface area (Å²) in [5.74, 6) is 2.75. The summed E-state index contributed by atoms with van der Waals surface area (Å²) in [7, 11) is -0.698. The molecule has 0 amide bonds. The average Bonchev–Trinajstić information content (AvgIpc) is 2.87. The van der Waals surface area contributed by atoms with Crippen LogP contribution in [0.15, 0.2) is 0 Å². The first-order valence-corrected chi connectivity index (χ1v) is 8.82. The minimum atomic E-state index is -0.698. The molecule has 0 aromatic rings. The van der Waals surface area contributed by atoms with Gasteiger partial charge < -0.3 is 10.1 Å². The normalized spacial score (nSPS) is 24.9. The van der Waals surface area contributed by atoms with E-state index in [2.05, 4.69) is 26.1 Å². The number of ether oxygens (including phenoxy) is 1. The molecular formula is C14H29NO2S. The lowest BCUT2D eigenvalue weighted by atomic mass is 10.0. The van der Waals surface area contributed by atoms with Crippen molar-refractivity contribution in [2.75, 3.05) is 31.3 Å². The largest absolute Gasteiger partial charge is 0.381 e. The van der Waals surface area contributed by atoms with Gasteiger partial charge in [-0.25, -0.2) is 0 Å². The van der Waals surface area contributed by atoms with Gasteiger partial charge in [-0.2, -0.15) is 0 Å². The summed E-state index contributed by atoms with van der Waals surface area (Å²) in [6.45, 7) is 9.24. The van der Waals surface area contributed by atoms with Crippen molar-refractivity contribution in [1.82, 2.24) is 5.32 Å². The standard InChI is InChI=1S/C14H29NO2S/c1-4-7-15-14(13-6-8-17-9-13)11-18(16)10-12(3)5-2/h12-15H,4-11H2,1-3H3. The van der Waals surface area contributed by atoms with Crippen LogP contribution in [0.25, 0.3) is 0 Å². The Morgan fingerprint density at radius 3 is 2.72 bits per heavy atom. The van der Waals surface area contributed by atoms with Crippen LogP contribution in [0.3, 0.4) is 0 Å². The zero-order valence-electron chi connectivity index (χ0n) is 12.1. The quantitative estimate of drug-likeness (QED) is 0.701. The molecule has 0 aromatic carbocycles. The molecule has 3 nitrogen and oxygen atoms in total. The van der Waals surface area contributed by atoms with Crippen molar-refractivity contribution in [3.63, 3.8) is 0 Å². The molecule has 4 unspecified atom stereocenters. The van der Waals surface area contributed by atoms with Crippen LogP contribution in [0.4, 0.5) is 0 Å². The SMILES string of the molecule is CCCNC(CS(=O)CC(C)CC)C1CCOC1. The number of hydrogen-bond donors (Lipinski definition) is 1. The molecule has 108 valence electrons. The highest BCUT2D eigenvalue weighted by atomic mass is 32.2. The van der Waals surface area contributed by atoms with Gasteiger partial charge in [0.15, 0.2) is 0 Å². The van der Waals surface area contributed by atoms with E-state index in [9.17, 15) is 4.21 Å². The molecule has 0 radical (unpaired) electrons. The van der Waals surface area contributed by atoms with Crippen molar-refractivity contribution in [2.24, 2.45) is 11.8 Å². The lowest BCUT2D eigenvalue weighted by Crippen LogP contribution is -2.41. The Bertz CT molecular complexity index is 242. The van der Waals surface area contributed by atoms with Crippen LogP contribution in [0.1, 0.15) is 40.0 Å². The maximum Gasteiger partial charge on any atom is 0.0510 e. The van der Waals surface area contributed by atoms with E-state index in [1.54, 1.807) is 0 Å². The van der Waals surface area contributed by atoms with Crippen LogP contribution in [0.5, 0.6) is 0 Å². The van der Waals surface area contributed by atoms with Crippen molar-refractivity contribution in [3.05, 3.63) is 0 Å². The van der Waals surface area contributed by atoms with E-state index in [-0.39, 0.29) is 0 Å². The van der Waals surface area contributed by atoms with E-state index >= 15 is 0 Å². The van der Waals surface area contributed by atoms with Gasteiger partial charge in [-0.3, -0.25) is 4.21 Å². The third-order valence-electron chi connectivity index (χ3n) is 3.72. The first kappa shape index (κ1) is 16.1. The molecule has 1 fully saturated rings. The Hall–Kier alpha value is 0.0700. The Morgan fingerprint density at radius 2 is 2.17 bits per heavy atom. The van der Waals surface area contributed by atoms with Gasteiger partial charge in [-0.15, -0.1) is 0 Å². The maximum atomic E-state index is 12.2. The molecule has 1 saturated heterocycles. The molecule has 4 atom stereocenters. The average molecular weight is 275 g/mol. The van der Waals surface area contributed by atoms with Gasteiger partial charge in [-0.05, 0) is 25.3 Å². The second-order valence-electron chi connectivity index (χ2n) is 5.47. The summed E-state index contributed by atoms with van der Waals surface area (Å²) >= 11 is 0. The highest BCUT2D eigenvalue weighted by molar-refractivity contribution is 7.85. The zero-order chi connectivity index (χ0) is 13.4. The first-order chi connectivity index (χ1) is 8.67. The number of nitrogens with one attached hydrogen (secondary N) is 1. The fourth-order valence-electron chi connectivity index (χ4n) is 2.26. The van der Waals surface area contributed by atoms with Gasteiger partial charge in [0.1, 0.15) is 0 Å². The van der Waals surface area contributed by atoms with Crippen molar-refractivity contribution < 1.29 is 8.95 Å². The van der Waals surface area contributed by atoms with E-state index in [4.69, 9.17) is 4.74 Å². The molecule has 4 heteroatoms. The highest BCUT2D eigenvalue weighted by Gasteiger charge is 2.26. The minimum absolute atomic E-state index is 0.373. The first-order valence-electron chi connectivity index (χ1n) is 7.33. The molecule has 1 aliphatic heterocycles. The van der Waals surface area contributed by atoms with Crippen molar-refractivity contribution in [3.8, 4) is 0 Å². The topological polar surface area (TPSA) is 38.3 Å². The van der Waals surface area contributed by atoms with Crippen LogP contribution >= 0.6 is 0 Å². The van der Waals surface area contributed by atoms with Crippen LogP contribution in [-0.4, -0.2) is 41.5 Å². The Morgan fingerprint density at radius 1 is 1.39 bits per heavy atom. The third-order valence-corrected chi connectivity index (χ3v) is 5.39. The molecule has 0 aliphatic carbocycles. The Balaban J connectivity index is 2.41. The Labute approximate surface area is 115 Å². The summed E-state index contributed by atoms with van der Waals surface area (Å²) in [4.78, 5) is 0. The summed E-state index contributed by atoms with van der Waals surface area (Å²) < 4.78 is 17.6. The summed E-state index contributed by atoms with van der Waals surface area (Å²) in [5.41, 5.74) is 0. The van der Waals surface area contributed by atoms with Crippen LogP contribution in [0.2, 0.25) is 0 Å². The molecular weight excluding hydrogens is 246 g/mol. The van der Waals surface area contributed by atoms with Crippen LogP contribution in [-0.2, 0) is 15.5 Å². The predicted octanol–water partition coefficient (Wildman–Crippen LogP) is 2.19. The van der Waals surface area contributed by atoms with Gasteiger partial charge in [0.05, 0.1) is 6.61 Å². The predicted molar refractivity (Wildman–Crippen MR) is 78.3 cm³/mol. The van der Waals surface area contributed by atoms with Crippen LogP contribution < -0.4 is 5.32 Å². The molecule has 18 heavy (non-hydrogen) atoms. The number of hydrogen-bond acceptors (Lipinski definition) is 3. The minimum Gasteiger partial charge on any atom is -0.381 e. The zero-order valence-corrected chi connectivity index (χ0v) is 12.9. The van der Waals surface area contributed by atoms with E-state index in [1.807, 2.05) is 0 Å². The van der Waals surface area contributed by atoms with Gasteiger partial charge in [0.25, 0.3) is 0 Å². The summed E-state index contributed by atoms with van der Waals surface area (Å²) in [6, 6.07) is 0.373. The number of rotatable bonds is 9. The molecule has 1 heterocycles. The lowest BCUT2D eigenvalue weighted by molar-refractivity contribution is 0.179. The van der Waals surface area contributed by atoms with Crippen LogP contribution in [0, 0.1) is 11.8 Å². The van der Waals surface area contributed by atoms with Gasteiger partial charge >= 0.3 is 0 Å². The third kappa shape index (κ3) is 5.81. The maximum absolute atomic E-state index is 12.2. The summed E-state index contributed by atoms with van der Waals surface area (Å²) in [6.07, 6.45) is 3.36. The monoisotopic (exact) mass is 275 g/mol. The van der Waals surface area contributed by atoms with Gasteiger partial charge in [0, 0.05) is 40.9 Å². The van der Waals surface area contributed by atoms with Gasteiger partial charge in [0.2, 0.25) is 0 Å². The highest BCUT2D eigenvalue weighted by Crippen LogP contribution is 2.18. The second kappa shape index (κ2) is 9.05. The molecule has 1 aliphatic rings. The summed E-state index contributed by atoms with van der Waals surface area (Å²) in [5, 5.41) is 3.56. The van der Waals surface area contributed by atoms with E-state index in [0.29, 0.717) is 17.9 Å². The van der Waals surface area contributed by atoms with Crippen molar-refractivity contribution in [1.29, 1.82) is 0 Å². The van der Waals surface area contributed by atoms with Crippen molar-refractivity contribution in [2.45, 2.75) is 46.1 Å². The molecule has 0 bridgehead atoms. The fourth-order valence-corrected chi connectivity index (χ4v) is 4.06. The molecule has 1 rings (SSSR count). The van der Waals surface area contributed by atoms with Crippen molar-refractivity contribution >= 4 is 10.8 Å². The lowest BCUT2D eigenvalue weighted by Gasteiger charge is -2.24. The molecule has 1 N–H and O–H groups in total. The smallest absolute Gasteiger partial charge is 0.0510 e. The Kier molecular flexibility index (Phi) is 8.11. The van der Waals surface area contributed by atoms with E-state index in [0.717, 1.165) is 50.5 Å². The fraction of sp³-hybridized carbons (Fsp3) is 1.00. The van der Waals surface area contributed by atoms with E-state index < -0.39 is 10.8 Å².